The molecule has 1 aromatic rings. The highest BCUT2D eigenvalue weighted by molar-refractivity contribution is 5.29. The Kier molecular flexibility index (Phi) is 7.39. The number of nitrogens with zero attached hydrogens (tertiary/aromatic N) is 2. The summed E-state index contributed by atoms with van der Waals surface area (Å²) >= 11 is 0. The highest BCUT2D eigenvalue weighted by Crippen LogP contribution is 2.34. The third-order valence-electron chi connectivity index (χ3n) is 6.41. The predicted octanol–water partition coefficient (Wildman–Crippen LogP) is 4.78. The van der Waals surface area contributed by atoms with Crippen molar-refractivity contribution in [2.75, 3.05) is 40.3 Å². The minimum absolute atomic E-state index is 0.737. The second-order valence-electron chi connectivity index (χ2n) is 8.79. The fourth-order valence-corrected chi connectivity index (χ4v) is 4.73. The van der Waals surface area contributed by atoms with E-state index in [0.717, 1.165) is 36.7 Å². The minimum atomic E-state index is 0.737. The summed E-state index contributed by atoms with van der Waals surface area (Å²) in [4.78, 5) is 4.99. The van der Waals surface area contributed by atoms with E-state index in [4.69, 9.17) is 4.74 Å². The van der Waals surface area contributed by atoms with E-state index in [2.05, 4.69) is 55.1 Å². The van der Waals surface area contributed by atoms with Crippen molar-refractivity contribution >= 4 is 0 Å². The highest BCUT2D eigenvalue weighted by atomic mass is 16.5. The first kappa shape index (κ1) is 19.7. The number of ether oxygens (including phenoxy) is 1. The molecule has 26 heavy (non-hydrogen) atoms. The number of likely N-dealkylation sites (tertiary alicyclic amines) is 1. The van der Waals surface area contributed by atoms with Crippen LogP contribution in [-0.4, -0.2) is 56.2 Å². The molecule has 1 aromatic carbocycles. The van der Waals surface area contributed by atoms with Gasteiger partial charge in [-0.3, -0.25) is 0 Å². The zero-order chi connectivity index (χ0) is 18.4. The van der Waals surface area contributed by atoms with Crippen LogP contribution in [0.2, 0.25) is 0 Å². The number of hydrogen-bond acceptors (Lipinski definition) is 3. The molecule has 0 spiro atoms. The SMILES string of the molecule is C[C@H]1CCCN(CCCOc2ccc([C@H]3CC[C@H](N(C)C)CC3)cc2)C1. The largest absolute Gasteiger partial charge is 0.494 e. The molecule has 0 unspecified atom stereocenters. The maximum atomic E-state index is 5.98. The molecule has 3 rings (SSSR count). The van der Waals surface area contributed by atoms with Crippen molar-refractivity contribution in [2.45, 2.75) is 63.8 Å². The fraction of sp³-hybridized carbons (Fsp3) is 0.739. The van der Waals surface area contributed by atoms with E-state index in [9.17, 15) is 0 Å². The van der Waals surface area contributed by atoms with Crippen molar-refractivity contribution in [3.05, 3.63) is 29.8 Å². The van der Waals surface area contributed by atoms with E-state index in [1.807, 2.05) is 0 Å². The maximum Gasteiger partial charge on any atom is 0.119 e. The van der Waals surface area contributed by atoms with E-state index in [0.29, 0.717) is 0 Å². The van der Waals surface area contributed by atoms with E-state index in [-0.39, 0.29) is 0 Å². The first-order chi connectivity index (χ1) is 12.6. The molecular weight excluding hydrogens is 320 g/mol. The Balaban J connectivity index is 1.37. The van der Waals surface area contributed by atoms with Gasteiger partial charge in [-0.2, -0.15) is 0 Å². The van der Waals surface area contributed by atoms with Gasteiger partial charge in [-0.25, -0.2) is 0 Å². The normalized spacial score (nSPS) is 27.6. The van der Waals surface area contributed by atoms with Crippen LogP contribution in [0, 0.1) is 5.92 Å². The summed E-state index contributed by atoms with van der Waals surface area (Å²) < 4.78 is 5.98. The van der Waals surface area contributed by atoms with Crippen LogP contribution >= 0.6 is 0 Å². The van der Waals surface area contributed by atoms with Gasteiger partial charge in [-0.05, 0) is 95.1 Å². The lowest BCUT2D eigenvalue weighted by Crippen LogP contribution is -2.35. The van der Waals surface area contributed by atoms with Crippen LogP contribution in [0.1, 0.15) is 63.4 Å². The summed E-state index contributed by atoms with van der Waals surface area (Å²) in [5.41, 5.74) is 1.50. The Hall–Kier alpha value is -1.06. The third kappa shape index (κ3) is 5.72. The van der Waals surface area contributed by atoms with Crippen molar-refractivity contribution < 1.29 is 4.74 Å². The van der Waals surface area contributed by atoms with Gasteiger partial charge in [0.2, 0.25) is 0 Å². The molecule has 1 atom stereocenters. The smallest absolute Gasteiger partial charge is 0.119 e. The third-order valence-corrected chi connectivity index (χ3v) is 6.41. The average Bonchev–Trinajstić information content (AvgIpc) is 2.66. The summed E-state index contributed by atoms with van der Waals surface area (Å²) in [6.07, 6.45) is 9.17. The Labute approximate surface area is 160 Å². The standard InChI is InChI=1S/C23H38N2O/c1-19-6-4-15-25(18-19)16-5-17-26-23-13-9-21(10-14-23)20-7-11-22(12-8-20)24(2)3/h9-10,13-14,19-20,22H,4-8,11-12,15-18H2,1-3H3/t19-,20-,22-/m0/s1. The van der Waals surface area contributed by atoms with Crippen molar-refractivity contribution in [1.82, 2.24) is 9.80 Å². The van der Waals surface area contributed by atoms with Crippen LogP contribution in [-0.2, 0) is 0 Å². The van der Waals surface area contributed by atoms with E-state index in [1.165, 1.54) is 63.7 Å². The van der Waals surface area contributed by atoms with Gasteiger partial charge < -0.3 is 14.5 Å². The summed E-state index contributed by atoms with van der Waals surface area (Å²) in [7, 11) is 4.42. The van der Waals surface area contributed by atoms with Crippen LogP contribution in [0.25, 0.3) is 0 Å². The monoisotopic (exact) mass is 358 g/mol. The van der Waals surface area contributed by atoms with Crippen LogP contribution < -0.4 is 4.74 Å². The van der Waals surface area contributed by atoms with Crippen molar-refractivity contribution in [3.8, 4) is 5.75 Å². The first-order valence-corrected chi connectivity index (χ1v) is 10.7. The van der Waals surface area contributed by atoms with Crippen LogP contribution in [0.3, 0.4) is 0 Å². The van der Waals surface area contributed by atoms with E-state index < -0.39 is 0 Å². The van der Waals surface area contributed by atoms with E-state index in [1.54, 1.807) is 0 Å². The van der Waals surface area contributed by atoms with E-state index >= 15 is 0 Å². The van der Waals surface area contributed by atoms with Crippen LogP contribution in [0.4, 0.5) is 0 Å². The molecule has 2 aliphatic rings. The topological polar surface area (TPSA) is 15.7 Å². The Morgan fingerprint density at radius 3 is 2.42 bits per heavy atom. The molecule has 0 bridgehead atoms. The lowest BCUT2D eigenvalue weighted by Gasteiger charge is -2.32. The molecule has 0 radical (unpaired) electrons. The molecule has 0 aromatic heterocycles. The van der Waals surface area contributed by atoms with Gasteiger partial charge in [0.25, 0.3) is 0 Å². The first-order valence-electron chi connectivity index (χ1n) is 10.7. The van der Waals surface area contributed by atoms with Gasteiger partial charge >= 0.3 is 0 Å². The minimum Gasteiger partial charge on any atom is -0.494 e. The van der Waals surface area contributed by atoms with Crippen molar-refractivity contribution in [2.24, 2.45) is 5.92 Å². The zero-order valence-electron chi connectivity index (χ0n) is 17.1. The predicted molar refractivity (Wildman–Crippen MR) is 110 cm³/mol. The Bertz CT molecular complexity index is 520. The molecule has 0 amide bonds. The summed E-state index contributed by atoms with van der Waals surface area (Å²) in [6.45, 7) is 6.92. The quantitative estimate of drug-likeness (QED) is 0.653. The summed E-state index contributed by atoms with van der Waals surface area (Å²) in [6, 6.07) is 9.72. The second-order valence-corrected chi connectivity index (χ2v) is 8.79. The molecule has 3 nitrogen and oxygen atoms in total. The zero-order valence-corrected chi connectivity index (χ0v) is 17.1. The maximum absolute atomic E-state index is 5.98. The van der Waals surface area contributed by atoms with Crippen molar-refractivity contribution in [3.63, 3.8) is 0 Å². The highest BCUT2D eigenvalue weighted by Gasteiger charge is 2.23. The van der Waals surface area contributed by atoms with Gasteiger partial charge in [0.05, 0.1) is 6.61 Å². The number of hydrogen-bond donors (Lipinski definition) is 0. The average molecular weight is 359 g/mol. The van der Waals surface area contributed by atoms with Crippen LogP contribution in [0.5, 0.6) is 5.75 Å². The molecule has 0 N–H and O–H groups in total. The molecule has 3 heteroatoms. The number of benzene rings is 1. The molecule has 146 valence electrons. The molecule has 1 heterocycles. The molecule has 1 saturated heterocycles. The summed E-state index contributed by atoms with van der Waals surface area (Å²) in [5.74, 6) is 2.63. The van der Waals surface area contributed by atoms with Gasteiger partial charge in [-0.1, -0.05) is 19.1 Å². The lowest BCUT2D eigenvalue weighted by molar-refractivity contribution is 0.170. The Morgan fingerprint density at radius 2 is 1.77 bits per heavy atom. The molecule has 1 aliphatic heterocycles. The summed E-state index contributed by atoms with van der Waals surface area (Å²) in [5, 5.41) is 0. The van der Waals surface area contributed by atoms with Gasteiger partial charge in [0, 0.05) is 19.1 Å². The fourth-order valence-electron chi connectivity index (χ4n) is 4.73. The van der Waals surface area contributed by atoms with Crippen LogP contribution in [0.15, 0.2) is 24.3 Å². The lowest BCUT2D eigenvalue weighted by atomic mass is 9.81. The molecule has 1 saturated carbocycles. The Morgan fingerprint density at radius 1 is 1.04 bits per heavy atom. The molecule has 1 aliphatic carbocycles. The molecular formula is C23H38N2O. The van der Waals surface area contributed by atoms with Gasteiger partial charge in [0.15, 0.2) is 0 Å². The number of rotatable bonds is 7. The number of piperidine rings is 1. The van der Waals surface area contributed by atoms with Gasteiger partial charge in [0.1, 0.15) is 5.75 Å². The second kappa shape index (κ2) is 9.75. The van der Waals surface area contributed by atoms with Gasteiger partial charge in [-0.15, -0.1) is 0 Å². The van der Waals surface area contributed by atoms with Crippen molar-refractivity contribution in [1.29, 1.82) is 0 Å². The molecule has 2 fully saturated rings.